The van der Waals surface area contributed by atoms with Crippen LogP contribution < -0.4 is 0 Å². The molecule has 0 bridgehead atoms. The summed E-state index contributed by atoms with van der Waals surface area (Å²) in [6.07, 6.45) is 8.73. The lowest BCUT2D eigenvalue weighted by atomic mass is 10.2. The fourth-order valence-corrected chi connectivity index (χ4v) is 2.51. The van der Waals surface area contributed by atoms with E-state index < -0.39 is 0 Å². The summed E-state index contributed by atoms with van der Waals surface area (Å²) >= 11 is 0. The summed E-state index contributed by atoms with van der Waals surface area (Å²) in [4.78, 5) is 4.40. The molecule has 4 nitrogen and oxygen atoms in total. The summed E-state index contributed by atoms with van der Waals surface area (Å²) in [5.41, 5.74) is 1.02. The highest BCUT2D eigenvalue weighted by molar-refractivity contribution is 5.44. The number of hydrogen-bond acceptors (Lipinski definition) is 4. The number of nitriles is 2. The molecule has 2 saturated heterocycles. The molecule has 0 atom stereocenters. The Hall–Kier alpha value is -1.94. The van der Waals surface area contributed by atoms with Crippen molar-refractivity contribution in [3.63, 3.8) is 0 Å². The van der Waals surface area contributed by atoms with Crippen LogP contribution in [0.25, 0.3) is 0 Å². The first-order valence-corrected chi connectivity index (χ1v) is 6.57. The molecule has 2 heterocycles. The van der Waals surface area contributed by atoms with E-state index in [4.69, 9.17) is 10.5 Å². The predicted octanol–water partition coefficient (Wildman–Crippen LogP) is 1.99. The molecule has 0 spiro atoms. The number of nitrogens with zero attached hydrogens (tertiary/aromatic N) is 4. The molecule has 4 heteroatoms. The van der Waals surface area contributed by atoms with E-state index in [-0.39, 0.29) is 5.57 Å². The van der Waals surface area contributed by atoms with Gasteiger partial charge in [-0.15, -0.1) is 0 Å². The standard InChI is InChI=1S/C14H18N4/c15-11-13(12-16)14(18-8-3-4-9-18)5-10-17-6-1-2-7-17/h5,10H,1-4,6-9H2/b10-5+. The molecule has 18 heavy (non-hydrogen) atoms. The van der Waals surface area contributed by atoms with Crippen molar-refractivity contribution in [3.05, 3.63) is 23.5 Å². The Bertz CT molecular complexity index is 408. The minimum absolute atomic E-state index is 0.229. The maximum Gasteiger partial charge on any atom is 0.152 e. The Labute approximate surface area is 108 Å². The van der Waals surface area contributed by atoms with Crippen molar-refractivity contribution >= 4 is 0 Å². The largest absolute Gasteiger partial charge is 0.377 e. The normalized spacial score (nSPS) is 19.0. The van der Waals surface area contributed by atoms with Crippen molar-refractivity contribution < 1.29 is 0 Å². The van der Waals surface area contributed by atoms with Crippen molar-refractivity contribution in [1.82, 2.24) is 9.80 Å². The van der Waals surface area contributed by atoms with Crippen LogP contribution in [-0.2, 0) is 0 Å². The van der Waals surface area contributed by atoms with Gasteiger partial charge in [-0.3, -0.25) is 0 Å². The van der Waals surface area contributed by atoms with Gasteiger partial charge in [-0.2, -0.15) is 10.5 Å². The Morgan fingerprint density at radius 2 is 1.44 bits per heavy atom. The average Bonchev–Trinajstić information content (AvgIpc) is 3.07. The van der Waals surface area contributed by atoms with Crippen LogP contribution >= 0.6 is 0 Å². The second-order valence-electron chi connectivity index (χ2n) is 4.74. The second kappa shape index (κ2) is 6.12. The van der Waals surface area contributed by atoms with Gasteiger partial charge in [0.25, 0.3) is 0 Å². The summed E-state index contributed by atoms with van der Waals surface area (Å²) in [6, 6.07) is 4.02. The minimum atomic E-state index is 0.229. The molecule has 94 valence electrons. The fraction of sp³-hybridized carbons (Fsp3) is 0.571. The molecule has 0 N–H and O–H groups in total. The van der Waals surface area contributed by atoms with Crippen LogP contribution in [0.1, 0.15) is 25.7 Å². The molecule has 2 fully saturated rings. The van der Waals surface area contributed by atoms with E-state index >= 15 is 0 Å². The molecule has 0 aromatic carbocycles. The van der Waals surface area contributed by atoms with E-state index in [9.17, 15) is 0 Å². The molecule has 2 aliphatic rings. The predicted molar refractivity (Wildman–Crippen MR) is 69.0 cm³/mol. The van der Waals surface area contributed by atoms with Crippen molar-refractivity contribution in [2.45, 2.75) is 25.7 Å². The summed E-state index contributed by atoms with van der Waals surface area (Å²) in [7, 11) is 0. The van der Waals surface area contributed by atoms with Crippen molar-refractivity contribution in [2.24, 2.45) is 0 Å². The third kappa shape index (κ3) is 2.84. The molecule has 0 saturated carbocycles. The second-order valence-corrected chi connectivity index (χ2v) is 4.74. The molecule has 0 radical (unpaired) electrons. The molecule has 2 rings (SSSR count). The van der Waals surface area contributed by atoms with E-state index in [0.29, 0.717) is 0 Å². The number of likely N-dealkylation sites (tertiary alicyclic amines) is 2. The Balaban J connectivity index is 2.17. The zero-order valence-corrected chi connectivity index (χ0v) is 10.6. The lowest BCUT2D eigenvalue weighted by Gasteiger charge is -2.20. The summed E-state index contributed by atoms with van der Waals surface area (Å²) in [6.45, 7) is 4.06. The molecule has 2 aliphatic heterocycles. The third-order valence-electron chi connectivity index (χ3n) is 3.51. The van der Waals surface area contributed by atoms with Gasteiger partial charge in [0, 0.05) is 32.4 Å². The Kier molecular flexibility index (Phi) is 4.25. The number of allylic oxidation sites excluding steroid dienone is 2. The molecule has 0 aromatic rings. The zero-order chi connectivity index (χ0) is 12.8. The molecular formula is C14H18N4. The zero-order valence-electron chi connectivity index (χ0n) is 10.6. The first-order chi connectivity index (χ1) is 8.85. The van der Waals surface area contributed by atoms with Crippen LogP contribution in [0.4, 0.5) is 0 Å². The lowest BCUT2D eigenvalue weighted by Crippen LogP contribution is -2.20. The fourth-order valence-electron chi connectivity index (χ4n) is 2.51. The van der Waals surface area contributed by atoms with Gasteiger partial charge in [0.05, 0.1) is 5.70 Å². The number of rotatable bonds is 3. The highest BCUT2D eigenvalue weighted by atomic mass is 15.2. The van der Waals surface area contributed by atoms with E-state index in [2.05, 4.69) is 9.80 Å². The third-order valence-corrected chi connectivity index (χ3v) is 3.51. The molecule has 0 aliphatic carbocycles. The van der Waals surface area contributed by atoms with Gasteiger partial charge >= 0.3 is 0 Å². The summed E-state index contributed by atoms with van der Waals surface area (Å²) in [5, 5.41) is 18.1. The van der Waals surface area contributed by atoms with Crippen LogP contribution in [0, 0.1) is 22.7 Å². The van der Waals surface area contributed by atoms with Gasteiger partial charge in [0.1, 0.15) is 12.1 Å². The first kappa shape index (κ1) is 12.5. The van der Waals surface area contributed by atoms with Gasteiger partial charge in [-0.1, -0.05) is 0 Å². The van der Waals surface area contributed by atoms with Crippen LogP contribution in [0.15, 0.2) is 23.5 Å². The monoisotopic (exact) mass is 242 g/mol. The van der Waals surface area contributed by atoms with Crippen molar-refractivity contribution in [1.29, 1.82) is 10.5 Å². The van der Waals surface area contributed by atoms with Gasteiger partial charge in [0.15, 0.2) is 5.57 Å². The van der Waals surface area contributed by atoms with Crippen LogP contribution in [-0.4, -0.2) is 36.0 Å². The van der Waals surface area contributed by atoms with E-state index in [0.717, 1.165) is 44.7 Å². The first-order valence-electron chi connectivity index (χ1n) is 6.57. The highest BCUT2D eigenvalue weighted by Crippen LogP contribution is 2.19. The topological polar surface area (TPSA) is 54.1 Å². The quantitative estimate of drug-likeness (QED) is 0.561. The SMILES string of the molecule is N#CC(C#N)=C(/C=C/N1CCCC1)N1CCCC1. The molecule has 0 amide bonds. The van der Waals surface area contributed by atoms with Gasteiger partial charge in [0.2, 0.25) is 0 Å². The molecule has 0 unspecified atom stereocenters. The number of hydrogen-bond donors (Lipinski definition) is 0. The summed E-state index contributed by atoms with van der Waals surface area (Å²) < 4.78 is 0. The molecular weight excluding hydrogens is 224 g/mol. The van der Waals surface area contributed by atoms with Crippen molar-refractivity contribution in [2.75, 3.05) is 26.2 Å². The van der Waals surface area contributed by atoms with Gasteiger partial charge < -0.3 is 9.80 Å². The Morgan fingerprint density at radius 1 is 0.889 bits per heavy atom. The maximum atomic E-state index is 9.04. The Morgan fingerprint density at radius 3 is 2.00 bits per heavy atom. The van der Waals surface area contributed by atoms with Crippen LogP contribution in [0.2, 0.25) is 0 Å². The van der Waals surface area contributed by atoms with E-state index in [1.54, 1.807) is 0 Å². The maximum absolute atomic E-state index is 9.04. The smallest absolute Gasteiger partial charge is 0.152 e. The molecule has 0 aromatic heterocycles. The van der Waals surface area contributed by atoms with Gasteiger partial charge in [-0.05, 0) is 31.8 Å². The lowest BCUT2D eigenvalue weighted by molar-refractivity contribution is 0.430. The van der Waals surface area contributed by atoms with E-state index in [1.165, 1.54) is 12.8 Å². The van der Waals surface area contributed by atoms with Crippen LogP contribution in [0.5, 0.6) is 0 Å². The van der Waals surface area contributed by atoms with E-state index in [1.807, 2.05) is 24.4 Å². The highest BCUT2D eigenvalue weighted by Gasteiger charge is 2.17. The summed E-state index contributed by atoms with van der Waals surface area (Å²) in [5.74, 6) is 0. The average molecular weight is 242 g/mol. The minimum Gasteiger partial charge on any atom is -0.377 e. The van der Waals surface area contributed by atoms with Crippen molar-refractivity contribution in [3.8, 4) is 12.1 Å². The van der Waals surface area contributed by atoms with Gasteiger partial charge in [-0.25, -0.2) is 0 Å². The van der Waals surface area contributed by atoms with Crippen LogP contribution in [0.3, 0.4) is 0 Å².